The number of ether oxygens (including phenoxy) is 1. The van der Waals surface area contributed by atoms with Gasteiger partial charge in [-0.2, -0.15) is 5.26 Å². The third kappa shape index (κ3) is 2.35. The van der Waals surface area contributed by atoms with Crippen LogP contribution in [0.3, 0.4) is 0 Å². The van der Waals surface area contributed by atoms with Crippen LogP contribution in [0.4, 0.5) is 4.39 Å². The predicted molar refractivity (Wildman–Crippen MR) is 53.0 cm³/mol. The molecule has 0 aliphatic rings. The summed E-state index contributed by atoms with van der Waals surface area (Å²) < 4.78 is 18.0. The van der Waals surface area contributed by atoms with Crippen molar-refractivity contribution in [3.63, 3.8) is 0 Å². The van der Waals surface area contributed by atoms with Gasteiger partial charge in [0.05, 0.1) is 24.3 Å². The summed E-state index contributed by atoms with van der Waals surface area (Å²) in [4.78, 5) is 11.4. The molecule has 0 saturated heterocycles. The Kier molecular flexibility index (Phi) is 3.97. The molecule has 0 bridgehead atoms. The summed E-state index contributed by atoms with van der Waals surface area (Å²) in [7, 11) is 0. The minimum atomic E-state index is -0.748. The average Bonchev–Trinajstić information content (AvgIpc) is 2.29. The number of esters is 1. The van der Waals surface area contributed by atoms with Gasteiger partial charge in [0.2, 0.25) is 0 Å². The molecule has 4 nitrogen and oxygen atoms in total. The molecule has 84 valence electrons. The Bertz CT molecular complexity index is 451. The molecule has 1 aromatic rings. The van der Waals surface area contributed by atoms with Crippen molar-refractivity contribution in [2.75, 3.05) is 6.61 Å². The molecule has 0 aliphatic carbocycles. The average molecular weight is 223 g/mol. The second-order valence-electron chi connectivity index (χ2n) is 2.98. The third-order valence-corrected chi connectivity index (χ3v) is 1.97. The lowest BCUT2D eigenvalue weighted by Crippen LogP contribution is -2.08. The summed E-state index contributed by atoms with van der Waals surface area (Å²) in [5.74, 6) is -1.48. The summed E-state index contributed by atoms with van der Waals surface area (Å²) in [5.41, 5.74) is -0.160. The van der Waals surface area contributed by atoms with Gasteiger partial charge in [0.15, 0.2) is 0 Å². The highest BCUT2D eigenvalue weighted by Gasteiger charge is 2.16. The molecule has 1 aromatic carbocycles. The number of nitrogens with zero attached hydrogens (tertiary/aromatic N) is 1. The second kappa shape index (κ2) is 5.24. The van der Waals surface area contributed by atoms with Crippen molar-refractivity contribution < 1.29 is 19.0 Å². The molecule has 5 heteroatoms. The fourth-order valence-electron chi connectivity index (χ4n) is 1.21. The third-order valence-electron chi connectivity index (χ3n) is 1.97. The molecule has 1 rings (SSSR count). The molecule has 0 aliphatic heterocycles. The fourth-order valence-corrected chi connectivity index (χ4v) is 1.21. The van der Waals surface area contributed by atoms with Gasteiger partial charge >= 0.3 is 5.97 Å². The maximum absolute atomic E-state index is 13.3. The minimum absolute atomic E-state index is 0.0103. The summed E-state index contributed by atoms with van der Waals surface area (Å²) in [6.45, 7) is 1.24. The van der Waals surface area contributed by atoms with Gasteiger partial charge in [-0.1, -0.05) is 0 Å². The second-order valence-corrected chi connectivity index (χ2v) is 2.98. The summed E-state index contributed by atoms with van der Waals surface area (Å²) in [6, 6.07) is 3.80. The minimum Gasteiger partial charge on any atom is -0.462 e. The lowest BCUT2D eigenvalue weighted by molar-refractivity contribution is 0.0525. The first-order chi connectivity index (χ1) is 7.63. The quantitative estimate of drug-likeness (QED) is 0.785. The molecule has 0 amide bonds. The van der Waals surface area contributed by atoms with E-state index in [1.807, 2.05) is 0 Å². The standard InChI is InChI=1S/C11H10FNO3/c1-2-16-11(15)9-4-10(12)8(6-14)3-7(9)5-13/h3-4,14H,2,6H2,1H3. The number of nitriles is 1. The van der Waals surface area contributed by atoms with Crippen molar-refractivity contribution in [2.24, 2.45) is 0 Å². The van der Waals surface area contributed by atoms with Crippen molar-refractivity contribution in [1.29, 1.82) is 5.26 Å². The smallest absolute Gasteiger partial charge is 0.339 e. The summed E-state index contributed by atoms with van der Waals surface area (Å²) in [5, 5.41) is 17.6. The predicted octanol–water partition coefficient (Wildman–Crippen LogP) is 1.37. The van der Waals surface area contributed by atoms with E-state index in [2.05, 4.69) is 4.74 Å². The lowest BCUT2D eigenvalue weighted by Gasteiger charge is -2.06. The number of hydrogen-bond acceptors (Lipinski definition) is 4. The van der Waals surface area contributed by atoms with Gasteiger partial charge in [-0.05, 0) is 19.1 Å². The number of aliphatic hydroxyl groups is 1. The van der Waals surface area contributed by atoms with E-state index >= 15 is 0 Å². The molecular formula is C11H10FNO3. The van der Waals surface area contributed by atoms with E-state index in [-0.39, 0.29) is 23.3 Å². The summed E-state index contributed by atoms with van der Waals surface area (Å²) >= 11 is 0. The van der Waals surface area contributed by atoms with Crippen molar-refractivity contribution >= 4 is 5.97 Å². The van der Waals surface area contributed by atoms with E-state index in [1.54, 1.807) is 13.0 Å². The Morgan fingerprint density at radius 1 is 1.62 bits per heavy atom. The van der Waals surface area contributed by atoms with Crippen molar-refractivity contribution in [2.45, 2.75) is 13.5 Å². The van der Waals surface area contributed by atoms with Crippen molar-refractivity contribution in [3.05, 3.63) is 34.6 Å². The number of hydrogen-bond donors (Lipinski definition) is 1. The molecule has 0 unspecified atom stereocenters. The van der Waals surface area contributed by atoms with Crippen LogP contribution in [0.1, 0.15) is 28.4 Å². The Labute approximate surface area is 91.9 Å². The van der Waals surface area contributed by atoms with Gasteiger partial charge in [0, 0.05) is 5.56 Å². The topological polar surface area (TPSA) is 70.3 Å². The van der Waals surface area contributed by atoms with E-state index < -0.39 is 18.4 Å². The molecule has 0 radical (unpaired) electrons. The SMILES string of the molecule is CCOC(=O)c1cc(F)c(CO)cc1C#N. The maximum Gasteiger partial charge on any atom is 0.339 e. The molecule has 0 fully saturated rings. The number of carbonyl (C=O) groups is 1. The number of carbonyl (C=O) groups excluding carboxylic acids is 1. The van der Waals surface area contributed by atoms with Gasteiger partial charge in [0.1, 0.15) is 11.9 Å². The number of benzene rings is 1. The molecule has 0 heterocycles. The monoisotopic (exact) mass is 223 g/mol. The largest absolute Gasteiger partial charge is 0.462 e. The Balaban J connectivity index is 3.24. The normalized spacial score (nSPS) is 9.62. The molecule has 0 aromatic heterocycles. The Morgan fingerprint density at radius 2 is 2.31 bits per heavy atom. The number of halogens is 1. The van der Waals surface area contributed by atoms with E-state index in [0.29, 0.717) is 0 Å². The zero-order valence-electron chi connectivity index (χ0n) is 8.66. The molecule has 16 heavy (non-hydrogen) atoms. The molecule has 0 atom stereocenters. The first kappa shape index (κ1) is 12.1. The first-order valence-electron chi connectivity index (χ1n) is 4.64. The molecule has 0 spiro atoms. The van der Waals surface area contributed by atoms with E-state index in [9.17, 15) is 9.18 Å². The highest BCUT2D eigenvalue weighted by atomic mass is 19.1. The molecular weight excluding hydrogens is 213 g/mol. The van der Waals surface area contributed by atoms with Crippen LogP contribution in [0.2, 0.25) is 0 Å². The van der Waals surface area contributed by atoms with E-state index in [1.165, 1.54) is 0 Å². The van der Waals surface area contributed by atoms with Crippen LogP contribution < -0.4 is 0 Å². The van der Waals surface area contributed by atoms with E-state index in [0.717, 1.165) is 12.1 Å². The summed E-state index contributed by atoms with van der Waals surface area (Å²) in [6.07, 6.45) is 0. The van der Waals surface area contributed by atoms with Gasteiger partial charge in [-0.25, -0.2) is 9.18 Å². The highest BCUT2D eigenvalue weighted by molar-refractivity contribution is 5.92. The van der Waals surface area contributed by atoms with Crippen LogP contribution in [0.15, 0.2) is 12.1 Å². The van der Waals surface area contributed by atoms with Crippen molar-refractivity contribution in [1.82, 2.24) is 0 Å². The van der Waals surface area contributed by atoms with Gasteiger partial charge in [-0.15, -0.1) is 0 Å². The highest BCUT2D eigenvalue weighted by Crippen LogP contribution is 2.16. The Morgan fingerprint density at radius 3 is 2.81 bits per heavy atom. The zero-order valence-corrected chi connectivity index (χ0v) is 8.66. The first-order valence-corrected chi connectivity index (χ1v) is 4.64. The molecule has 0 saturated carbocycles. The molecule has 1 N–H and O–H groups in total. The zero-order chi connectivity index (χ0) is 12.1. The van der Waals surface area contributed by atoms with Gasteiger partial charge in [-0.3, -0.25) is 0 Å². The Hall–Kier alpha value is -1.93. The lowest BCUT2D eigenvalue weighted by atomic mass is 10.0. The van der Waals surface area contributed by atoms with Gasteiger partial charge in [0.25, 0.3) is 0 Å². The van der Waals surface area contributed by atoms with Crippen LogP contribution in [0.5, 0.6) is 0 Å². The van der Waals surface area contributed by atoms with Crippen molar-refractivity contribution in [3.8, 4) is 6.07 Å². The van der Waals surface area contributed by atoms with Crippen LogP contribution in [-0.2, 0) is 11.3 Å². The van der Waals surface area contributed by atoms with Crippen LogP contribution in [0.25, 0.3) is 0 Å². The van der Waals surface area contributed by atoms with Gasteiger partial charge < -0.3 is 9.84 Å². The van der Waals surface area contributed by atoms with E-state index in [4.69, 9.17) is 10.4 Å². The van der Waals surface area contributed by atoms with Crippen LogP contribution >= 0.6 is 0 Å². The maximum atomic E-state index is 13.3. The van der Waals surface area contributed by atoms with Crippen LogP contribution in [-0.4, -0.2) is 17.7 Å². The number of aliphatic hydroxyl groups excluding tert-OH is 1. The fraction of sp³-hybridized carbons (Fsp3) is 0.273. The number of rotatable bonds is 3. The van der Waals surface area contributed by atoms with Crippen LogP contribution in [0, 0.1) is 17.1 Å².